The fraction of sp³-hybridized carbons (Fsp3) is 0.438. The van der Waals surface area contributed by atoms with E-state index in [1.165, 1.54) is 5.56 Å². The van der Waals surface area contributed by atoms with Crippen LogP contribution in [0.3, 0.4) is 0 Å². The number of hydrogen-bond donors (Lipinski definition) is 2. The lowest BCUT2D eigenvalue weighted by molar-refractivity contribution is 0.0856. The van der Waals surface area contributed by atoms with Crippen LogP contribution in [0.2, 0.25) is 0 Å². The predicted molar refractivity (Wildman–Crippen MR) is 90.6 cm³/mol. The number of aliphatic hydroxyl groups excluding tert-OH is 1. The van der Waals surface area contributed by atoms with Gasteiger partial charge < -0.3 is 15.0 Å². The number of fused-ring (bicyclic) bond motifs is 1. The minimum atomic E-state index is -0.512. The van der Waals surface area contributed by atoms with Gasteiger partial charge in [0.1, 0.15) is 24.1 Å². The molecule has 2 N–H and O–H groups in total. The summed E-state index contributed by atoms with van der Waals surface area (Å²) in [6.07, 6.45) is 6.44. The van der Waals surface area contributed by atoms with E-state index in [4.69, 9.17) is 0 Å². The Morgan fingerprint density at radius 1 is 1.30 bits per heavy atom. The maximum Gasteiger partial charge on any atom is 0.150 e. The van der Waals surface area contributed by atoms with Gasteiger partial charge in [-0.2, -0.15) is 0 Å². The van der Waals surface area contributed by atoms with E-state index in [9.17, 15) is 5.11 Å². The molecule has 1 atom stereocenters. The second kappa shape index (κ2) is 5.90. The van der Waals surface area contributed by atoms with Crippen LogP contribution in [0.15, 0.2) is 24.1 Å². The zero-order valence-electron chi connectivity index (χ0n) is 12.9. The number of piperidine rings is 1. The first kappa shape index (κ1) is 14.6. The molecule has 0 radical (unpaired) electrons. The van der Waals surface area contributed by atoms with Gasteiger partial charge in [0.25, 0.3) is 0 Å². The normalized spacial score (nSPS) is 17.7. The van der Waals surface area contributed by atoms with Gasteiger partial charge in [-0.1, -0.05) is 0 Å². The lowest BCUT2D eigenvalue weighted by Gasteiger charge is -2.34. The number of imidazole rings is 1. The number of H-pyrrole nitrogens is 1. The van der Waals surface area contributed by atoms with E-state index in [1.807, 2.05) is 0 Å². The Hall–Kier alpha value is -1.99. The highest BCUT2D eigenvalue weighted by molar-refractivity contribution is 7.18. The van der Waals surface area contributed by atoms with Crippen molar-refractivity contribution in [3.05, 3.63) is 35.5 Å². The van der Waals surface area contributed by atoms with Gasteiger partial charge in [0.2, 0.25) is 0 Å². The molecule has 3 aromatic heterocycles. The number of aromatic amines is 1. The molecule has 0 aromatic carbocycles. The lowest BCUT2D eigenvalue weighted by atomic mass is 9.91. The summed E-state index contributed by atoms with van der Waals surface area (Å²) in [5.41, 5.74) is 2.26. The largest absolute Gasteiger partial charge is 0.385 e. The molecule has 3 aromatic rings. The first-order valence-corrected chi connectivity index (χ1v) is 8.73. The topological polar surface area (TPSA) is 77.9 Å². The van der Waals surface area contributed by atoms with Gasteiger partial charge in [-0.3, -0.25) is 0 Å². The molecule has 1 saturated heterocycles. The Kier molecular flexibility index (Phi) is 3.74. The van der Waals surface area contributed by atoms with Gasteiger partial charge in [0.05, 0.1) is 10.2 Å². The number of nitrogens with zero attached hydrogens (tertiary/aromatic N) is 4. The summed E-state index contributed by atoms with van der Waals surface area (Å²) in [4.78, 5) is 18.4. The molecule has 0 bridgehead atoms. The number of aryl methyl sites for hydroxylation is 1. The van der Waals surface area contributed by atoms with Crippen LogP contribution in [0.25, 0.3) is 10.2 Å². The van der Waals surface area contributed by atoms with Crippen LogP contribution in [-0.4, -0.2) is 38.1 Å². The van der Waals surface area contributed by atoms with Crippen LogP contribution in [0.4, 0.5) is 5.82 Å². The second-order valence-corrected chi connectivity index (χ2v) is 6.92. The first-order chi connectivity index (χ1) is 11.2. The Balaban J connectivity index is 1.51. The molecule has 4 heterocycles. The fourth-order valence-corrected chi connectivity index (χ4v) is 4.29. The first-order valence-electron chi connectivity index (χ1n) is 7.85. The Morgan fingerprint density at radius 2 is 2.13 bits per heavy atom. The summed E-state index contributed by atoms with van der Waals surface area (Å²) in [6.45, 7) is 3.87. The molecular weight excluding hydrogens is 310 g/mol. The monoisotopic (exact) mass is 329 g/mol. The Labute approximate surface area is 138 Å². The quantitative estimate of drug-likeness (QED) is 0.772. The average molecular weight is 329 g/mol. The van der Waals surface area contributed by atoms with Crippen molar-refractivity contribution in [2.24, 2.45) is 5.92 Å². The molecule has 1 aliphatic heterocycles. The maximum atomic E-state index is 10.4. The molecule has 1 fully saturated rings. The van der Waals surface area contributed by atoms with E-state index < -0.39 is 6.10 Å². The highest BCUT2D eigenvalue weighted by Gasteiger charge is 2.29. The van der Waals surface area contributed by atoms with Crippen LogP contribution in [-0.2, 0) is 0 Å². The summed E-state index contributed by atoms with van der Waals surface area (Å²) in [6, 6.07) is 0. The van der Waals surface area contributed by atoms with Crippen LogP contribution in [0.1, 0.15) is 30.3 Å². The van der Waals surface area contributed by atoms with Gasteiger partial charge in [0, 0.05) is 25.5 Å². The molecular formula is C16H19N5OS. The Bertz CT molecular complexity index is 792. The molecule has 120 valence electrons. The molecule has 4 rings (SSSR count). The zero-order valence-corrected chi connectivity index (χ0v) is 13.8. The molecule has 23 heavy (non-hydrogen) atoms. The fourth-order valence-electron chi connectivity index (χ4n) is 3.27. The number of hydrogen-bond acceptors (Lipinski definition) is 6. The summed E-state index contributed by atoms with van der Waals surface area (Å²) in [5, 5.41) is 12.6. The number of aromatic nitrogens is 4. The third kappa shape index (κ3) is 2.60. The van der Waals surface area contributed by atoms with Gasteiger partial charge >= 0.3 is 0 Å². The highest BCUT2D eigenvalue weighted by atomic mass is 32.1. The van der Waals surface area contributed by atoms with Crippen molar-refractivity contribution in [3.8, 4) is 0 Å². The predicted octanol–water partition coefficient (Wildman–Crippen LogP) is 2.67. The van der Waals surface area contributed by atoms with Crippen molar-refractivity contribution in [1.29, 1.82) is 0 Å². The molecule has 0 spiro atoms. The van der Waals surface area contributed by atoms with Crippen LogP contribution < -0.4 is 4.90 Å². The van der Waals surface area contributed by atoms with Gasteiger partial charge in [-0.05, 0) is 36.6 Å². The van der Waals surface area contributed by atoms with E-state index in [1.54, 1.807) is 30.1 Å². The number of aliphatic hydroxyl groups is 1. The van der Waals surface area contributed by atoms with E-state index in [2.05, 4.69) is 37.1 Å². The summed E-state index contributed by atoms with van der Waals surface area (Å²) < 4.78 is 1.16. The van der Waals surface area contributed by atoms with Crippen molar-refractivity contribution in [2.75, 3.05) is 18.0 Å². The Morgan fingerprint density at radius 3 is 2.87 bits per heavy atom. The average Bonchev–Trinajstić information content (AvgIpc) is 3.25. The minimum absolute atomic E-state index is 0.236. The molecule has 6 nitrogen and oxygen atoms in total. The number of rotatable bonds is 3. The van der Waals surface area contributed by atoms with E-state index >= 15 is 0 Å². The third-order valence-corrected chi connectivity index (χ3v) is 5.68. The SMILES string of the molecule is Cc1csc2c(N3CCC([C@H](O)c4ncc[nH]4)CC3)ncnc12. The van der Waals surface area contributed by atoms with Crippen LogP contribution in [0, 0.1) is 12.8 Å². The van der Waals surface area contributed by atoms with Gasteiger partial charge in [-0.25, -0.2) is 15.0 Å². The number of anilines is 1. The van der Waals surface area contributed by atoms with Crippen LogP contribution >= 0.6 is 11.3 Å². The van der Waals surface area contributed by atoms with Crippen molar-refractivity contribution in [3.63, 3.8) is 0 Å². The number of thiophene rings is 1. The van der Waals surface area contributed by atoms with Crippen molar-refractivity contribution in [2.45, 2.75) is 25.9 Å². The summed E-state index contributed by atoms with van der Waals surface area (Å²) in [5.74, 6) is 1.93. The van der Waals surface area contributed by atoms with Crippen molar-refractivity contribution >= 4 is 27.4 Å². The smallest absolute Gasteiger partial charge is 0.150 e. The third-order valence-electron chi connectivity index (χ3n) is 4.60. The highest BCUT2D eigenvalue weighted by Crippen LogP contribution is 2.35. The van der Waals surface area contributed by atoms with E-state index in [-0.39, 0.29) is 5.92 Å². The van der Waals surface area contributed by atoms with Crippen molar-refractivity contribution in [1.82, 2.24) is 19.9 Å². The molecule has 1 aliphatic rings. The number of nitrogens with one attached hydrogen (secondary N) is 1. The van der Waals surface area contributed by atoms with Gasteiger partial charge in [0.15, 0.2) is 0 Å². The molecule has 0 aliphatic carbocycles. The second-order valence-electron chi connectivity index (χ2n) is 6.04. The maximum absolute atomic E-state index is 10.4. The molecule has 0 amide bonds. The summed E-state index contributed by atoms with van der Waals surface area (Å²) in [7, 11) is 0. The lowest BCUT2D eigenvalue weighted by Crippen LogP contribution is -2.36. The standard InChI is InChI=1S/C16H19N5OS/c1-10-8-23-14-12(10)19-9-20-16(14)21-6-2-11(3-7-21)13(22)15-17-4-5-18-15/h4-5,8-9,11,13,22H,2-3,6-7H2,1H3,(H,17,18)/t13-/m0/s1. The van der Waals surface area contributed by atoms with E-state index in [0.29, 0.717) is 5.82 Å². The molecule has 0 saturated carbocycles. The van der Waals surface area contributed by atoms with Crippen molar-refractivity contribution < 1.29 is 5.11 Å². The minimum Gasteiger partial charge on any atom is -0.385 e. The van der Waals surface area contributed by atoms with E-state index in [0.717, 1.165) is 42.0 Å². The zero-order chi connectivity index (χ0) is 15.8. The summed E-state index contributed by atoms with van der Waals surface area (Å²) >= 11 is 1.71. The van der Waals surface area contributed by atoms with Gasteiger partial charge in [-0.15, -0.1) is 11.3 Å². The molecule has 0 unspecified atom stereocenters. The molecule has 7 heteroatoms. The van der Waals surface area contributed by atoms with Crippen LogP contribution in [0.5, 0.6) is 0 Å².